The molecule has 1 N–H and O–H groups in total. The Hall–Kier alpha value is -3.47. The standard InChI is InChI=1S/C20H21N5O5S/c1-3-8-24(11-15-22-23-17(30-15)13-6-5-10-31-13)16(26)12-25-18(27)20(2,21-19(25)28)14-7-4-9-29-14/h4-7,9-10H,3,8,11-12H2,1-2H3,(H,21,28). The SMILES string of the molecule is CCCN(Cc1nnc(-c2cccs2)o1)C(=O)CN1C(=O)NC(C)(c2ccco2)C1=O. The van der Waals surface area contributed by atoms with Crippen molar-refractivity contribution < 1.29 is 23.2 Å². The molecule has 0 aliphatic carbocycles. The first-order valence-corrected chi connectivity index (χ1v) is 10.6. The molecule has 4 amide bonds. The van der Waals surface area contributed by atoms with Gasteiger partial charge in [0.2, 0.25) is 11.8 Å². The molecule has 1 unspecified atom stereocenters. The van der Waals surface area contributed by atoms with E-state index in [9.17, 15) is 14.4 Å². The van der Waals surface area contributed by atoms with Gasteiger partial charge in [-0.2, -0.15) is 0 Å². The summed E-state index contributed by atoms with van der Waals surface area (Å²) < 4.78 is 11.0. The maximum absolute atomic E-state index is 13.0. The summed E-state index contributed by atoms with van der Waals surface area (Å²) >= 11 is 1.47. The molecule has 3 aromatic rings. The highest BCUT2D eigenvalue weighted by molar-refractivity contribution is 7.13. The van der Waals surface area contributed by atoms with E-state index in [2.05, 4.69) is 15.5 Å². The fourth-order valence-electron chi connectivity index (χ4n) is 3.35. The van der Waals surface area contributed by atoms with Gasteiger partial charge in [0.15, 0.2) is 5.54 Å². The number of amides is 4. The normalized spacial score (nSPS) is 18.5. The second kappa shape index (κ2) is 8.34. The van der Waals surface area contributed by atoms with Crippen LogP contribution in [-0.2, 0) is 21.7 Å². The van der Waals surface area contributed by atoms with Gasteiger partial charge in [-0.15, -0.1) is 21.5 Å². The van der Waals surface area contributed by atoms with Gasteiger partial charge in [0.1, 0.15) is 12.3 Å². The van der Waals surface area contributed by atoms with E-state index < -0.39 is 29.9 Å². The molecule has 4 rings (SSSR count). The third kappa shape index (κ3) is 3.96. The Kier molecular flexibility index (Phi) is 5.59. The predicted molar refractivity (Wildman–Crippen MR) is 110 cm³/mol. The van der Waals surface area contributed by atoms with Crippen LogP contribution in [0.3, 0.4) is 0 Å². The highest BCUT2D eigenvalue weighted by atomic mass is 32.1. The third-order valence-corrected chi connectivity index (χ3v) is 5.81. The molecule has 0 radical (unpaired) electrons. The summed E-state index contributed by atoms with van der Waals surface area (Å²) in [6.45, 7) is 3.57. The predicted octanol–water partition coefficient (Wildman–Crippen LogP) is 2.60. The molecule has 1 saturated heterocycles. The molecule has 10 nitrogen and oxygen atoms in total. The third-order valence-electron chi connectivity index (χ3n) is 4.95. The number of carbonyl (C=O) groups is 3. The maximum atomic E-state index is 13.0. The van der Waals surface area contributed by atoms with Crippen LogP contribution < -0.4 is 5.32 Å². The van der Waals surface area contributed by atoms with Crippen molar-refractivity contribution in [2.75, 3.05) is 13.1 Å². The van der Waals surface area contributed by atoms with E-state index in [0.717, 1.165) is 9.78 Å². The van der Waals surface area contributed by atoms with Crippen LogP contribution in [0.1, 0.15) is 31.9 Å². The van der Waals surface area contributed by atoms with E-state index >= 15 is 0 Å². The van der Waals surface area contributed by atoms with Gasteiger partial charge >= 0.3 is 6.03 Å². The average molecular weight is 443 g/mol. The Morgan fingerprint density at radius 2 is 2.13 bits per heavy atom. The molecule has 0 saturated carbocycles. The fraction of sp³-hybridized carbons (Fsp3) is 0.350. The molecule has 0 bridgehead atoms. The van der Waals surface area contributed by atoms with Crippen LogP contribution in [0.2, 0.25) is 0 Å². The molecule has 1 fully saturated rings. The summed E-state index contributed by atoms with van der Waals surface area (Å²) in [4.78, 5) is 41.6. The first-order valence-electron chi connectivity index (χ1n) is 9.74. The van der Waals surface area contributed by atoms with Gasteiger partial charge in [-0.25, -0.2) is 4.79 Å². The summed E-state index contributed by atoms with van der Waals surface area (Å²) in [5, 5.41) is 12.6. The summed E-state index contributed by atoms with van der Waals surface area (Å²) in [7, 11) is 0. The maximum Gasteiger partial charge on any atom is 0.325 e. The minimum Gasteiger partial charge on any atom is -0.466 e. The van der Waals surface area contributed by atoms with Crippen LogP contribution in [0.15, 0.2) is 44.7 Å². The van der Waals surface area contributed by atoms with Crippen LogP contribution in [0.5, 0.6) is 0 Å². The van der Waals surface area contributed by atoms with Gasteiger partial charge in [-0.3, -0.25) is 14.5 Å². The number of thiophene rings is 1. The van der Waals surface area contributed by atoms with Crippen molar-refractivity contribution in [3.05, 3.63) is 47.6 Å². The zero-order valence-electron chi connectivity index (χ0n) is 17.0. The number of imide groups is 1. The monoisotopic (exact) mass is 443 g/mol. The van der Waals surface area contributed by atoms with Gasteiger partial charge in [0, 0.05) is 6.54 Å². The van der Waals surface area contributed by atoms with Crippen molar-refractivity contribution in [3.8, 4) is 10.8 Å². The number of hydrogen-bond acceptors (Lipinski definition) is 8. The fourth-order valence-corrected chi connectivity index (χ4v) is 3.99. The topological polar surface area (TPSA) is 122 Å². The second-order valence-electron chi connectivity index (χ2n) is 7.22. The van der Waals surface area contributed by atoms with Gasteiger partial charge < -0.3 is 19.1 Å². The molecule has 3 aromatic heterocycles. The van der Waals surface area contributed by atoms with Gasteiger partial charge in [0.05, 0.1) is 17.7 Å². The molecule has 1 aliphatic heterocycles. The van der Waals surface area contributed by atoms with Crippen LogP contribution in [0.25, 0.3) is 10.8 Å². The molecule has 11 heteroatoms. The molecule has 0 aromatic carbocycles. The van der Waals surface area contributed by atoms with Crippen molar-refractivity contribution in [2.45, 2.75) is 32.4 Å². The van der Waals surface area contributed by atoms with Crippen molar-refractivity contribution >= 4 is 29.2 Å². The lowest BCUT2D eigenvalue weighted by atomic mass is 9.99. The van der Waals surface area contributed by atoms with E-state index in [1.165, 1.54) is 22.5 Å². The number of hydrogen-bond donors (Lipinski definition) is 1. The van der Waals surface area contributed by atoms with E-state index in [1.54, 1.807) is 19.1 Å². The molecule has 1 atom stereocenters. The second-order valence-corrected chi connectivity index (χ2v) is 8.16. The van der Waals surface area contributed by atoms with Gasteiger partial charge in [-0.1, -0.05) is 13.0 Å². The van der Waals surface area contributed by atoms with Crippen LogP contribution in [0.4, 0.5) is 4.79 Å². The minimum atomic E-state index is -1.35. The zero-order chi connectivity index (χ0) is 22.0. The number of urea groups is 1. The lowest BCUT2D eigenvalue weighted by Crippen LogP contribution is -2.44. The Labute approximate surface area is 181 Å². The number of nitrogens with zero attached hydrogens (tertiary/aromatic N) is 4. The molecule has 162 valence electrons. The Morgan fingerprint density at radius 1 is 1.29 bits per heavy atom. The van der Waals surface area contributed by atoms with E-state index in [0.29, 0.717) is 24.6 Å². The molecular weight excluding hydrogens is 422 g/mol. The Bertz CT molecular complexity index is 1080. The number of rotatable bonds is 8. The summed E-state index contributed by atoms with van der Waals surface area (Å²) in [6, 6.07) is 6.33. The van der Waals surface area contributed by atoms with E-state index in [4.69, 9.17) is 8.83 Å². The summed E-state index contributed by atoms with van der Waals surface area (Å²) in [5.41, 5.74) is -1.35. The van der Waals surface area contributed by atoms with Gasteiger partial charge in [-0.05, 0) is 36.9 Å². The number of aromatic nitrogens is 2. The number of furan rings is 1. The number of nitrogens with one attached hydrogen (secondary N) is 1. The highest BCUT2D eigenvalue weighted by Gasteiger charge is 2.51. The smallest absolute Gasteiger partial charge is 0.325 e. The number of carbonyl (C=O) groups excluding carboxylic acids is 3. The largest absolute Gasteiger partial charge is 0.466 e. The van der Waals surface area contributed by atoms with Crippen molar-refractivity contribution in [1.29, 1.82) is 0 Å². The quantitative estimate of drug-likeness (QED) is 0.531. The molecule has 31 heavy (non-hydrogen) atoms. The van der Waals surface area contributed by atoms with Gasteiger partial charge in [0.25, 0.3) is 11.8 Å². The minimum absolute atomic E-state index is 0.0875. The van der Waals surface area contributed by atoms with Crippen molar-refractivity contribution in [1.82, 2.24) is 25.3 Å². The van der Waals surface area contributed by atoms with Crippen LogP contribution in [-0.4, -0.2) is 50.9 Å². The molecule has 4 heterocycles. The first kappa shape index (κ1) is 20.8. The lowest BCUT2D eigenvalue weighted by molar-refractivity contribution is -0.139. The summed E-state index contributed by atoms with van der Waals surface area (Å²) in [5.74, 6) is 0.0261. The summed E-state index contributed by atoms with van der Waals surface area (Å²) in [6.07, 6.45) is 2.10. The molecule has 0 spiro atoms. The average Bonchev–Trinajstić information content (AvgIpc) is 3.53. The van der Waals surface area contributed by atoms with E-state index in [-0.39, 0.29) is 12.4 Å². The van der Waals surface area contributed by atoms with Crippen molar-refractivity contribution in [2.24, 2.45) is 0 Å². The zero-order valence-corrected chi connectivity index (χ0v) is 17.8. The van der Waals surface area contributed by atoms with Crippen molar-refractivity contribution in [3.63, 3.8) is 0 Å². The molecular formula is C20H21N5O5S. The lowest BCUT2D eigenvalue weighted by Gasteiger charge is -2.23. The Balaban J connectivity index is 1.46. The van der Waals surface area contributed by atoms with E-state index in [1.807, 2.05) is 24.4 Å². The molecule has 1 aliphatic rings. The van der Waals surface area contributed by atoms with Crippen LogP contribution >= 0.6 is 11.3 Å². The highest BCUT2D eigenvalue weighted by Crippen LogP contribution is 2.29. The first-order chi connectivity index (χ1) is 14.9. The Morgan fingerprint density at radius 3 is 2.81 bits per heavy atom. The van der Waals surface area contributed by atoms with Crippen LogP contribution in [0, 0.1) is 0 Å².